The molecule has 1 aromatic rings. The van der Waals surface area contributed by atoms with E-state index in [1.165, 1.54) is 0 Å². The summed E-state index contributed by atoms with van der Waals surface area (Å²) in [7, 11) is 0. The van der Waals surface area contributed by atoms with E-state index in [4.69, 9.17) is 9.47 Å². The van der Waals surface area contributed by atoms with Crippen molar-refractivity contribution in [2.45, 2.75) is 25.3 Å². The molecule has 7 heteroatoms. The van der Waals surface area contributed by atoms with Gasteiger partial charge >= 0.3 is 6.03 Å². The predicted octanol–water partition coefficient (Wildman–Crippen LogP) is 1.27. The molecule has 1 aromatic carbocycles. The number of nitrogens with one attached hydrogen (secondary N) is 1. The number of carbonyl (C=O) groups excluding carboxylic acids is 2. The summed E-state index contributed by atoms with van der Waals surface area (Å²) < 4.78 is 11.0. The van der Waals surface area contributed by atoms with Crippen molar-refractivity contribution >= 4 is 11.9 Å². The molecule has 146 valence electrons. The van der Waals surface area contributed by atoms with Crippen molar-refractivity contribution in [2.24, 2.45) is 5.92 Å². The number of rotatable bonds is 2. The Morgan fingerprint density at radius 3 is 2.48 bits per heavy atom. The first kappa shape index (κ1) is 18.1. The van der Waals surface area contributed by atoms with Crippen molar-refractivity contribution in [1.29, 1.82) is 0 Å². The minimum atomic E-state index is -0.145. The van der Waals surface area contributed by atoms with Gasteiger partial charge in [0.15, 0.2) is 0 Å². The molecule has 2 fully saturated rings. The maximum Gasteiger partial charge on any atom is 0.320 e. The van der Waals surface area contributed by atoms with E-state index in [9.17, 15) is 9.59 Å². The van der Waals surface area contributed by atoms with Crippen molar-refractivity contribution in [2.75, 3.05) is 46.0 Å². The lowest BCUT2D eigenvalue weighted by atomic mass is 9.95. The van der Waals surface area contributed by atoms with E-state index in [1.54, 1.807) is 0 Å². The largest absolute Gasteiger partial charge is 0.492 e. The number of fused-ring (bicyclic) bond motifs is 1. The maximum atomic E-state index is 12.6. The minimum Gasteiger partial charge on any atom is -0.492 e. The molecule has 7 nitrogen and oxygen atoms in total. The lowest BCUT2D eigenvalue weighted by molar-refractivity contribution is -0.127. The van der Waals surface area contributed by atoms with E-state index in [2.05, 4.69) is 5.32 Å². The first-order chi connectivity index (χ1) is 13.2. The van der Waals surface area contributed by atoms with Gasteiger partial charge in [0.05, 0.1) is 19.1 Å². The van der Waals surface area contributed by atoms with Gasteiger partial charge in [-0.25, -0.2) is 4.79 Å². The second-order valence-electron chi connectivity index (χ2n) is 7.47. The highest BCUT2D eigenvalue weighted by Gasteiger charge is 2.31. The van der Waals surface area contributed by atoms with Crippen molar-refractivity contribution in [3.8, 4) is 5.75 Å². The van der Waals surface area contributed by atoms with E-state index < -0.39 is 0 Å². The van der Waals surface area contributed by atoms with Gasteiger partial charge in [-0.15, -0.1) is 0 Å². The summed E-state index contributed by atoms with van der Waals surface area (Å²) in [6.45, 7) is 4.36. The van der Waals surface area contributed by atoms with Crippen LogP contribution in [0.25, 0.3) is 0 Å². The van der Waals surface area contributed by atoms with Crippen molar-refractivity contribution < 1.29 is 19.1 Å². The highest BCUT2D eigenvalue weighted by atomic mass is 16.5. The second kappa shape index (κ2) is 8.17. The van der Waals surface area contributed by atoms with Crippen LogP contribution in [0.4, 0.5) is 4.79 Å². The van der Waals surface area contributed by atoms with Crippen molar-refractivity contribution in [3.05, 3.63) is 29.8 Å². The zero-order valence-corrected chi connectivity index (χ0v) is 15.6. The van der Waals surface area contributed by atoms with Crippen LogP contribution in [-0.2, 0) is 16.0 Å². The first-order valence-electron chi connectivity index (χ1n) is 9.83. The lowest BCUT2D eigenvalue weighted by Gasteiger charge is -2.37. The molecule has 0 saturated carbocycles. The van der Waals surface area contributed by atoms with Crippen LogP contribution in [0.15, 0.2) is 24.3 Å². The fourth-order valence-corrected chi connectivity index (χ4v) is 3.99. The summed E-state index contributed by atoms with van der Waals surface area (Å²) in [4.78, 5) is 28.9. The van der Waals surface area contributed by atoms with Crippen LogP contribution in [-0.4, -0.2) is 73.8 Å². The van der Waals surface area contributed by atoms with Crippen LogP contribution >= 0.6 is 0 Å². The average molecular weight is 373 g/mol. The molecule has 0 unspecified atom stereocenters. The molecule has 3 aliphatic rings. The van der Waals surface area contributed by atoms with E-state index >= 15 is 0 Å². The molecule has 0 bridgehead atoms. The third kappa shape index (κ3) is 4.18. The Hall–Kier alpha value is -2.28. The van der Waals surface area contributed by atoms with Crippen molar-refractivity contribution in [1.82, 2.24) is 15.1 Å². The summed E-state index contributed by atoms with van der Waals surface area (Å²) in [5.74, 6) is 0.798. The standard InChI is InChI=1S/C20H27N3O4/c24-19(16-13-15-3-1-2-4-18(15)27-14-16)21-17-5-7-22(8-6-17)20(25)23-9-11-26-12-10-23/h1-4,16-17H,5-14H2,(H,21,24)/t16-/m1/s1. The molecular weight excluding hydrogens is 346 g/mol. The van der Waals surface area contributed by atoms with Crippen LogP contribution in [0.1, 0.15) is 18.4 Å². The number of piperidine rings is 1. The summed E-state index contributed by atoms with van der Waals surface area (Å²) in [5, 5.41) is 3.17. The zero-order valence-electron chi connectivity index (χ0n) is 15.6. The third-order valence-electron chi connectivity index (χ3n) is 5.64. The fraction of sp³-hybridized carbons (Fsp3) is 0.600. The normalized spacial score (nSPS) is 23.3. The van der Waals surface area contributed by atoms with Gasteiger partial charge in [0.25, 0.3) is 0 Å². The number of morpholine rings is 1. The number of urea groups is 1. The number of carbonyl (C=O) groups is 2. The number of para-hydroxylation sites is 1. The number of ether oxygens (including phenoxy) is 2. The lowest BCUT2D eigenvalue weighted by Crippen LogP contribution is -2.53. The molecule has 3 heterocycles. The monoisotopic (exact) mass is 373 g/mol. The molecule has 1 atom stereocenters. The SMILES string of the molecule is O=C(NC1CCN(C(=O)N2CCOCC2)CC1)[C@H]1COc2ccccc2C1. The second-order valence-corrected chi connectivity index (χ2v) is 7.47. The Morgan fingerprint density at radius 2 is 1.70 bits per heavy atom. The quantitative estimate of drug-likeness (QED) is 0.848. The molecule has 2 saturated heterocycles. The van der Waals surface area contributed by atoms with Gasteiger partial charge in [-0.3, -0.25) is 4.79 Å². The number of hydrogen-bond acceptors (Lipinski definition) is 4. The molecule has 27 heavy (non-hydrogen) atoms. The molecule has 0 aromatic heterocycles. The Kier molecular flexibility index (Phi) is 5.48. The van der Waals surface area contributed by atoms with Gasteiger partial charge in [0, 0.05) is 32.2 Å². The van der Waals surface area contributed by atoms with Gasteiger partial charge in [-0.05, 0) is 30.9 Å². The van der Waals surface area contributed by atoms with Crippen LogP contribution in [0.5, 0.6) is 5.75 Å². The van der Waals surface area contributed by atoms with Crippen molar-refractivity contribution in [3.63, 3.8) is 0 Å². The summed E-state index contributed by atoms with van der Waals surface area (Å²) in [6, 6.07) is 8.12. The molecule has 0 spiro atoms. The van der Waals surface area contributed by atoms with Crippen LogP contribution < -0.4 is 10.1 Å². The Labute approximate surface area is 159 Å². The van der Waals surface area contributed by atoms with Gasteiger partial charge in [-0.1, -0.05) is 18.2 Å². The van der Waals surface area contributed by atoms with Gasteiger partial charge < -0.3 is 24.6 Å². The average Bonchev–Trinajstić information content (AvgIpc) is 2.74. The van der Waals surface area contributed by atoms with E-state index in [-0.39, 0.29) is 23.9 Å². The number of hydrogen-bond donors (Lipinski definition) is 1. The zero-order chi connectivity index (χ0) is 18.6. The molecule has 0 radical (unpaired) electrons. The highest BCUT2D eigenvalue weighted by molar-refractivity contribution is 5.80. The van der Waals surface area contributed by atoms with Gasteiger partial charge in [-0.2, -0.15) is 0 Å². The molecule has 4 rings (SSSR count). The summed E-state index contributed by atoms with van der Waals surface area (Å²) in [6.07, 6.45) is 2.31. The Balaban J connectivity index is 1.24. The number of benzene rings is 1. The molecule has 3 amide bonds. The Bertz CT molecular complexity index is 682. The minimum absolute atomic E-state index is 0.0578. The Morgan fingerprint density at radius 1 is 1.00 bits per heavy atom. The smallest absolute Gasteiger partial charge is 0.320 e. The molecule has 1 N–H and O–H groups in total. The van der Waals surface area contributed by atoms with Crippen LogP contribution in [0.2, 0.25) is 0 Å². The third-order valence-corrected chi connectivity index (χ3v) is 5.64. The topological polar surface area (TPSA) is 71.1 Å². The van der Waals surface area contributed by atoms with E-state index in [0.29, 0.717) is 46.0 Å². The maximum absolute atomic E-state index is 12.6. The number of nitrogens with zero attached hydrogens (tertiary/aromatic N) is 2. The van der Waals surface area contributed by atoms with E-state index in [1.807, 2.05) is 34.1 Å². The molecule has 0 aliphatic carbocycles. The number of likely N-dealkylation sites (tertiary alicyclic amines) is 1. The molecule has 3 aliphatic heterocycles. The summed E-state index contributed by atoms with van der Waals surface area (Å²) >= 11 is 0. The highest BCUT2D eigenvalue weighted by Crippen LogP contribution is 2.27. The van der Waals surface area contributed by atoms with Gasteiger partial charge in [0.2, 0.25) is 5.91 Å². The molecular formula is C20H27N3O4. The van der Waals surface area contributed by atoms with Crippen LogP contribution in [0, 0.1) is 5.92 Å². The summed E-state index contributed by atoms with van der Waals surface area (Å²) in [5.41, 5.74) is 1.09. The number of amides is 3. The predicted molar refractivity (Wildman–Crippen MR) is 99.7 cm³/mol. The van der Waals surface area contributed by atoms with E-state index in [0.717, 1.165) is 30.6 Å². The first-order valence-corrected chi connectivity index (χ1v) is 9.83. The van der Waals surface area contributed by atoms with Crippen LogP contribution in [0.3, 0.4) is 0 Å². The van der Waals surface area contributed by atoms with Gasteiger partial charge in [0.1, 0.15) is 12.4 Å². The fourth-order valence-electron chi connectivity index (χ4n) is 3.99.